The molecular formula is C30H33FN4O2. The Kier molecular flexibility index (Phi) is 7.46. The molecule has 1 aromatic heterocycles. The first-order valence-corrected chi connectivity index (χ1v) is 12.8. The Morgan fingerprint density at radius 2 is 1.89 bits per heavy atom. The van der Waals surface area contributed by atoms with Gasteiger partial charge in [0.15, 0.2) is 0 Å². The lowest BCUT2D eigenvalue weighted by Crippen LogP contribution is -2.43. The van der Waals surface area contributed by atoms with E-state index >= 15 is 4.39 Å². The quantitative estimate of drug-likeness (QED) is 0.536. The number of aliphatic hydroxyl groups excluding tert-OH is 1. The van der Waals surface area contributed by atoms with Crippen molar-refractivity contribution in [2.24, 2.45) is 0 Å². The number of aromatic nitrogens is 1. The third kappa shape index (κ3) is 5.80. The Morgan fingerprint density at radius 3 is 2.70 bits per heavy atom. The van der Waals surface area contributed by atoms with Crippen molar-refractivity contribution in [3.05, 3.63) is 99.9 Å². The minimum Gasteiger partial charge on any atom is -0.390 e. The molecule has 1 amide bonds. The van der Waals surface area contributed by atoms with E-state index in [2.05, 4.69) is 27.1 Å². The maximum Gasteiger partial charge on any atom is 0.251 e. The highest BCUT2D eigenvalue weighted by Crippen LogP contribution is 2.31. The largest absolute Gasteiger partial charge is 0.390 e. The fourth-order valence-corrected chi connectivity index (χ4v) is 5.10. The molecule has 37 heavy (non-hydrogen) atoms. The number of likely N-dealkylation sites (N-methyl/N-ethyl adjacent to an activating group) is 1. The zero-order valence-electron chi connectivity index (χ0n) is 21.3. The van der Waals surface area contributed by atoms with Gasteiger partial charge in [-0.05, 0) is 66.1 Å². The predicted molar refractivity (Wildman–Crippen MR) is 144 cm³/mol. The standard InChI is InChI=1S/C30H33FN4O2/c1-20-7-8-23(30(37)33-29-26-6-4-3-5-22(26)16-28(29)36)14-24(20)15-27(31)25-13-21(17-32-18-25)19-35-11-9-34(2)10-12-35/h3-8,13-15,17-18,28-29,36H,9-12,16,19H2,1-2H3,(H,33,37)/b27-15-/t28-,29-/m0/s1. The number of benzene rings is 2. The summed E-state index contributed by atoms with van der Waals surface area (Å²) in [5.41, 5.74) is 5.28. The highest BCUT2D eigenvalue weighted by atomic mass is 19.1. The van der Waals surface area contributed by atoms with E-state index in [0.717, 1.165) is 55.0 Å². The first kappa shape index (κ1) is 25.3. The van der Waals surface area contributed by atoms with Crippen LogP contribution in [0.5, 0.6) is 0 Å². The lowest BCUT2D eigenvalue weighted by Gasteiger charge is -2.32. The van der Waals surface area contributed by atoms with E-state index in [0.29, 0.717) is 23.1 Å². The highest BCUT2D eigenvalue weighted by molar-refractivity contribution is 5.95. The molecule has 5 rings (SSSR count). The summed E-state index contributed by atoms with van der Waals surface area (Å²) in [7, 11) is 2.12. The van der Waals surface area contributed by atoms with Crippen molar-refractivity contribution in [3.63, 3.8) is 0 Å². The summed E-state index contributed by atoms with van der Waals surface area (Å²) in [6, 6.07) is 14.4. The minimum absolute atomic E-state index is 0.299. The van der Waals surface area contributed by atoms with Crippen LogP contribution in [0.25, 0.3) is 11.9 Å². The van der Waals surface area contributed by atoms with Crippen LogP contribution in [0.1, 0.15) is 49.8 Å². The monoisotopic (exact) mass is 500 g/mol. The average Bonchev–Trinajstić information content (AvgIpc) is 3.21. The number of aliphatic hydroxyl groups is 1. The fourth-order valence-electron chi connectivity index (χ4n) is 5.10. The maximum absolute atomic E-state index is 15.4. The summed E-state index contributed by atoms with van der Waals surface area (Å²) in [6.45, 7) is 6.65. The molecule has 2 N–H and O–H groups in total. The highest BCUT2D eigenvalue weighted by Gasteiger charge is 2.32. The van der Waals surface area contributed by atoms with Crippen molar-refractivity contribution >= 4 is 17.8 Å². The Bertz CT molecular complexity index is 1320. The van der Waals surface area contributed by atoms with Crippen LogP contribution < -0.4 is 5.32 Å². The van der Waals surface area contributed by atoms with Gasteiger partial charge >= 0.3 is 0 Å². The maximum atomic E-state index is 15.4. The van der Waals surface area contributed by atoms with Crippen molar-refractivity contribution in [3.8, 4) is 0 Å². The topological polar surface area (TPSA) is 68.7 Å². The van der Waals surface area contributed by atoms with Crippen LogP contribution in [0.15, 0.2) is 60.9 Å². The number of nitrogens with zero attached hydrogens (tertiary/aromatic N) is 3. The van der Waals surface area contributed by atoms with Gasteiger partial charge in [-0.15, -0.1) is 0 Å². The van der Waals surface area contributed by atoms with Crippen molar-refractivity contribution in [2.45, 2.75) is 32.0 Å². The molecule has 192 valence electrons. The van der Waals surface area contributed by atoms with E-state index < -0.39 is 18.0 Å². The van der Waals surface area contributed by atoms with Gasteiger partial charge in [-0.1, -0.05) is 30.3 Å². The second-order valence-electron chi connectivity index (χ2n) is 10.1. The van der Waals surface area contributed by atoms with E-state index in [1.807, 2.05) is 43.3 Å². The second-order valence-corrected chi connectivity index (χ2v) is 10.1. The fraction of sp³-hybridized carbons (Fsp3) is 0.333. The SMILES string of the molecule is Cc1ccc(C(=O)N[C@H]2c3ccccc3C[C@@H]2O)cc1/C=C(\F)c1cncc(CN2CCN(C)CC2)c1. The zero-order chi connectivity index (χ0) is 25.9. The Morgan fingerprint density at radius 1 is 1.11 bits per heavy atom. The van der Waals surface area contributed by atoms with Crippen LogP contribution in [0, 0.1) is 6.92 Å². The van der Waals surface area contributed by atoms with Crippen LogP contribution >= 0.6 is 0 Å². The molecule has 1 saturated heterocycles. The van der Waals surface area contributed by atoms with Crippen LogP contribution in [-0.2, 0) is 13.0 Å². The zero-order valence-corrected chi connectivity index (χ0v) is 21.3. The number of rotatable bonds is 6. The Balaban J connectivity index is 1.31. The van der Waals surface area contributed by atoms with E-state index in [4.69, 9.17) is 0 Å². The Hall–Kier alpha value is -3.39. The number of hydrogen-bond donors (Lipinski definition) is 2. The molecule has 1 aliphatic carbocycles. The van der Waals surface area contributed by atoms with Crippen LogP contribution in [0.3, 0.4) is 0 Å². The van der Waals surface area contributed by atoms with Gasteiger partial charge in [0.25, 0.3) is 5.91 Å². The molecule has 2 heterocycles. The number of amides is 1. The minimum atomic E-state index is -0.672. The molecule has 3 aromatic rings. The molecular weight excluding hydrogens is 467 g/mol. The van der Waals surface area contributed by atoms with Gasteiger partial charge in [-0.3, -0.25) is 14.7 Å². The molecule has 2 atom stereocenters. The lowest BCUT2D eigenvalue weighted by molar-refractivity contribution is 0.0858. The van der Waals surface area contributed by atoms with Gasteiger partial charge in [0.1, 0.15) is 5.83 Å². The van der Waals surface area contributed by atoms with Crippen molar-refractivity contribution in [1.82, 2.24) is 20.1 Å². The first-order chi connectivity index (χ1) is 17.9. The van der Waals surface area contributed by atoms with Crippen molar-refractivity contribution < 1.29 is 14.3 Å². The molecule has 0 unspecified atom stereocenters. The number of carbonyl (C=O) groups is 1. The number of fused-ring (bicyclic) bond motifs is 1. The number of pyridine rings is 1. The molecule has 0 radical (unpaired) electrons. The third-order valence-electron chi connectivity index (χ3n) is 7.39. The molecule has 1 aliphatic heterocycles. The summed E-state index contributed by atoms with van der Waals surface area (Å²) in [6.07, 6.45) is 4.62. The van der Waals surface area contributed by atoms with E-state index in [-0.39, 0.29) is 5.91 Å². The summed E-state index contributed by atoms with van der Waals surface area (Å²) in [5, 5.41) is 13.5. The van der Waals surface area contributed by atoms with Gasteiger partial charge in [0, 0.05) is 62.7 Å². The van der Waals surface area contributed by atoms with Crippen LogP contribution in [0.2, 0.25) is 0 Å². The van der Waals surface area contributed by atoms with Gasteiger partial charge in [0.05, 0.1) is 12.1 Å². The predicted octanol–water partition coefficient (Wildman–Crippen LogP) is 3.99. The van der Waals surface area contributed by atoms with Gasteiger partial charge < -0.3 is 15.3 Å². The molecule has 2 aromatic carbocycles. The molecule has 6 nitrogen and oxygen atoms in total. The van der Waals surface area contributed by atoms with Gasteiger partial charge in [-0.2, -0.15) is 0 Å². The number of nitrogens with one attached hydrogen (secondary N) is 1. The number of piperazine rings is 1. The van der Waals surface area contributed by atoms with E-state index in [1.165, 1.54) is 12.3 Å². The number of carbonyl (C=O) groups excluding carboxylic acids is 1. The number of aryl methyl sites for hydroxylation is 1. The molecule has 0 saturated carbocycles. The summed E-state index contributed by atoms with van der Waals surface area (Å²) < 4.78 is 15.4. The van der Waals surface area contributed by atoms with Crippen LogP contribution in [-0.4, -0.2) is 65.1 Å². The van der Waals surface area contributed by atoms with Crippen molar-refractivity contribution in [2.75, 3.05) is 33.2 Å². The normalized spacial score (nSPS) is 20.6. The van der Waals surface area contributed by atoms with E-state index in [1.54, 1.807) is 18.3 Å². The lowest BCUT2D eigenvalue weighted by atomic mass is 10.0. The number of halogens is 1. The number of hydrogen-bond acceptors (Lipinski definition) is 5. The van der Waals surface area contributed by atoms with Gasteiger partial charge in [-0.25, -0.2) is 4.39 Å². The smallest absolute Gasteiger partial charge is 0.251 e. The Labute approximate surface area is 217 Å². The average molecular weight is 501 g/mol. The summed E-state index contributed by atoms with van der Waals surface area (Å²) in [4.78, 5) is 22.0. The molecule has 7 heteroatoms. The third-order valence-corrected chi connectivity index (χ3v) is 7.39. The van der Waals surface area contributed by atoms with E-state index in [9.17, 15) is 9.90 Å². The molecule has 2 aliphatic rings. The molecule has 1 fully saturated rings. The summed E-state index contributed by atoms with van der Waals surface area (Å²) in [5.74, 6) is -0.694. The summed E-state index contributed by atoms with van der Waals surface area (Å²) >= 11 is 0. The van der Waals surface area contributed by atoms with Crippen LogP contribution in [0.4, 0.5) is 4.39 Å². The second kappa shape index (κ2) is 10.9. The molecule has 0 bridgehead atoms. The van der Waals surface area contributed by atoms with Gasteiger partial charge in [0.2, 0.25) is 0 Å². The van der Waals surface area contributed by atoms with Crippen molar-refractivity contribution in [1.29, 1.82) is 0 Å². The first-order valence-electron chi connectivity index (χ1n) is 12.8. The molecule has 0 spiro atoms.